The molecular weight excluding hydrogens is 228 g/mol. The lowest BCUT2D eigenvalue weighted by atomic mass is 10.4. The fraction of sp³-hybridized carbons (Fsp3) is 0.667. The summed E-state index contributed by atoms with van der Waals surface area (Å²) in [6.45, 7) is 3.25. The lowest BCUT2D eigenvalue weighted by molar-refractivity contribution is 0.576. The molecule has 0 aliphatic carbocycles. The number of rotatable bonds is 7. The van der Waals surface area contributed by atoms with Crippen molar-refractivity contribution in [2.45, 2.75) is 13.5 Å². The fourth-order valence-electron chi connectivity index (χ4n) is 1.29. The maximum atomic E-state index is 11.3. The van der Waals surface area contributed by atoms with Gasteiger partial charge in [-0.2, -0.15) is 5.10 Å². The van der Waals surface area contributed by atoms with Crippen molar-refractivity contribution in [3.05, 3.63) is 18.0 Å². The molecule has 0 unspecified atom stereocenters. The van der Waals surface area contributed by atoms with Crippen molar-refractivity contribution in [3.8, 4) is 0 Å². The van der Waals surface area contributed by atoms with Crippen molar-refractivity contribution in [2.75, 3.05) is 18.8 Å². The molecular formula is C9H18N4O2S. The van der Waals surface area contributed by atoms with E-state index in [4.69, 9.17) is 0 Å². The van der Waals surface area contributed by atoms with Gasteiger partial charge >= 0.3 is 0 Å². The van der Waals surface area contributed by atoms with Crippen LogP contribution in [0.4, 0.5) is 0 Å². The van der Waals surface area contributed by atoms with Crippen LogP contribution in [0.25, 0.3) is 0 Å². The van der Waals surface area contributed by atoms with Gasteiger partial charge in [0.1, 0.15) is 0 Å². The van der Waals surface area contributed by atoms with Crippen LogP contribution in [0.1, 0.15) is 12.6 Å². The molecule has 1 heterocycles. The first-order chi connectivity index (χ1) is 7.55. The molecule has 0 spiro atoms. The summed E-state index contributed by atoms with van der Waals surface area (Å²) in [6.07, 6.45) is 1.71. The van der Waals surface area contributed by atoms with Gasteiger partial charge in [-0.15, -0.1) is 0 Å². The molecule has 7 heteroatoms. The van der Waals surface area contributed by atoms with Crippen LogP contribution in [-0.2, 0) is 23.6 Å². The first-order valence-electron chi connectivity index (χ1n) is 5.20. The van der Waals surface area contributed by atoms with E-state index in [0.717, 1.165) is 5.69 Å². The van der Waals surface area contributed by atoms with E-state index >= 15 is 0 Å². The van der Waals surface area contributed by atoms with E-state index in [1.807, 2.05) is 13.1 Å². The fourth-order valence-corrected chi connectivity index (χ4v) is 2.29. The third-order valence-corrected chi connectivity index (χ3v) is 3.61. The van der Waals surface area contributed by atoms with Crippen molar-refractivity contribution < 1.29 is 8.42 Å². The third kappa shape index (κ3) is 4.30. The van der Waals surface area contributed by atoms with Crippen LogP contribution in [-0.4, -0.2) is 37.0 Å². The van der Waals surface area contributed by atoms with Crippen molar-refractivity contribution in [2.24, 2.45) is 7.05 Å². The van der Waals surface area contributed by atoms with E-state index in [1.165, 1.54) is 0 Å². The Hall–Kier alpha value is -0.920. The highest BCUT2D eigenvalue weighted by molar-refractivity contribution is 7.89. The smallest absolute Gasteiger partial charge is 0.212 e. The standard InChI is InChI=1S/C9H18N4O2S/c1-3-12-16(14,15)7-6-10-8-9-4-5-11-13(9)2/h4-5,10,12H,3,6-8H2,1-2H3. The van der Waals surface area contributed by atoms with Gasteiger partial charge < -0.3 is 5.32 Å². The van der Waals surface area contributed by atoms with Gasteiger partial charge in [-0.25, -0.2) is 13.1 Å². The molecule has 2 N–H and O–H groups in total. The van der Waals surface area contributed by atoms with Gasteiger partial charge in [-0.05, 0) is 6.07 Å². The number of hydrogen-bond donors (Lipinski definition) is 2. The summed E-state index contributed by atoms with van der Waals surface area (Å²) in [4.78, 5) is 0. The van der Waals surface area contributed by atoms with Gasteiger partial charge in [0.15, 0.2) is 0 Å². The molecule has 0 saturated carbocycles. The van der Waals surface area contributed by atoms with Gasteiger partial charge in [0.25, 0.3) is 0 Å². The minimum absolute atomic E-state index is 0.0959. The quantitative estimate of drug-likeness (QED) is 0.633. The molecule has 1 aromatic rings. The van der Waals surface area contributed by atoms with E-state index in [1.54, 1.807) is 17.8 Å². The van der Waals surface area contributed by atoms with Crippen molar-refractivity contribution >= 4 is 10.0 Å². The molecule has 0 saturated heterocycles. The summed E-state index contributed by atoms with van der Waals surface area (Å²) < 4.78 is 26.8. The Balaban J connectivity index is 2.25. The minimum Gasteiger partial charge on any atom is -0.310 e. The second kappa shape index (κ2) is 5.97. The summed E-state index contributed by atoms with van der Waals surface area (Å²) in [7, 11) is -1.26. The van der Waals surface area contributed by atoms with Gasteiger partial charge in [-0.1, -0.05) is 6.92 Å². The van der Waals surface area contributed by atoms with Crippen LogP contribution < -0.4 is 10.0 Å². The number of aryl methyl sites for hydroxylation is 1. The average Bonchev–Trinajstić information content (AvgIpc) is 2.59. The van der Waals surface area contributed by atoms with E-state index < -0.39 is 10.0 Å². The maximum Gasteiger partial charge on any atom is 0.212 e. The van der Waals surface area contributed by atoms with E-state index in [2.05, 4.69) is 15.1 Å². The Morgan fingerprint density at radius 1 is 1.50 bits per heavy atom. The molecule has 0 bridgehead atoms. The minimum atomic E-state index is -3.12. The molecule has 92 valence electrons. The zero-order valence-corrected chi connectivity index (χ0v) is 10.4. The third-order valence-electron chi connectivity index (χ3n) is 2.14. The highest BCUT2D eigenvalue weighted by Gasteiger charge is 2.07. The Labute approximate surface area is 96.1 Å². The summed E-state index contributed by atoms with van der Waals surface area (Å²) in [5, 5.41) is 7.08. The molecule has 1 aromatic heterocycles. The van der Waals surface area contributed by atoms with Gasteiger partial charge in [0.2, 0.25) is 10.0 Å². The van der Waals surface area contributed by atoms with Crippen LogP contribution in [0.3, 0.4) is 0 Å². The summed E-state index contributed by atoms with van der Waals surface area (Å²) in [6, 6.07) is 1.89. The molecule has 1 rings (SSSR count). The molecule has 0 aliphatic rings. The highest BCUT2D eigenvalue weighted by Crippen LogP contribution is 1.94. The molecule has 16 heavy (non-hydrogen) atoms. The average molecular weight is 246 g/mol. The Morgan fingerprint density at radius 3 is 2.81 bits per heavy atom. The summed E-state index contributed by atoms with van der Waals surface area (Å²) in [5.41, 5.74) is 1.03. The summed E-state index contributed by atoms with van der Waals surface area (Å²) >= 11 is 0. The monoisotopic (exact) mass is 246 g/mol. The molecule has 6 nitrogen and oxygen atoms in total. The van der Waals surface area contributed by atoms with E-state index in [-0.39, 0.29) is 5.75 Å². The zero-order valence-electron chi connectivity index (χ0n) is 9.60. The topological polar surface area (TPSA) is 76.0 Å². The number of sulfonamides is 1. The normalized spacial score (nSPS) is 11.9. The molecule has 0 atom stereocenters. The predicted octanol–water partition coefficient (Wildman–Crippen LogP) is -0.551. The molecule has 0 fully saturated rings. The van der Waals surface area contributed by atoms with Crippen LogP contribution in [0, 0.1) is 0 Å². The lowest BCUT2D eigenvalue weighted by Gasteiger charge is -2.06. The number of nitrogens with zero attached hydrogens (tertiary/aromatic N) is 2. The number of nitrogens with one attached hydrogen (secondary N) is 2. The maximum absolute atomic E-state index is 11.3. The van der Waals surface area contributed by atoms with Crippen LogP contribution >= 0.6 is 0 Å². The van der Waals surface area contributed by atoms with Crippen LogP contribution in [0.15, 0.2) is 12.3 Å². The Bertz CT molecular complexity index is 413. The zero-order chi connectivity index (χ0) is 12.0. The van der Waals surface area contributed by atoms with Crippen molar-refractivity contribution in [1.29, 1.82) is 0 Å². The molecule has 0 aliphatic heterocycles. The highest BCUT2D eigenvalue weighted by atomic mass is 32.2. The predicted molar refractivity (Wildman–Crippen MR) is 62.4 cm³/mol. The molecule has 0 radical (unpaired) electrons. The molecule has 0 aromatic carbocycles. The first-order valence-corrected chi connectivity index (χ1v) is 6.85. The number of hydrogen-bond acceptors (Lipinski definition) is 4. The van der Waals surface area contributed by atoms with Crippen molar-refractivity contribution in [3.63, 3.8) is 0 Å². The van der Waals surface area contributed by atoms with Gasteiger partial charge in [0, 0.05) is 32.9 Å². The van der Waals surface area contributed by atoms with Crippen molar-refractivity contribution in [1.82, 2.24) is 19.8 Å². The largest absolute Gasteiger partial charge is 0.310 e. The Morgan fingerprint density at radius 2 is 2.25 bits per heavy atom. The van der Waals surface area contributed by atoms with Crippen LogP contribution in [0.2, 0.25) is 0 Å². The first kappa shape index (κ1) is 13.1. The SMILES string of the molecule is CCNS(=O)(=O)CCNCc1ccnn1C. The Kier molecular flexibility index (Phi) is 4.91. The molecule has 0 amide bonds. The van der Waals surface area contributed by atoms with E-state index in [0.29, 0.717) is 19.6 Å². The second-order valence-corrected chi connectivity index (χ2v) is 5.37. The van der Waals surface area contributed by atoms with Gasteiger partial charge in [-0.3, -0.25) is 4.68 Å². The second-order valence-electron chi connectivity index (χ2n) is 3.44. The van der Waals surface area contributed by atoms with Crippen LogP contribution in [0.5, 0.6) is 0 Å². The lowest BCUT2D eigenvalue weighted by Crippen LogP contribution is -2.31. The van der Waals surface area contributed by atoms with E-state index in [9.17, 15) is 8.42 Å². The van der Waals surface area contributed by atoms with Gasteiger partial charge in [0.05, 0.1) is 11.4 Å². The number of aromatic nitrogens is 2. The summed E-state index contributed by atoms with van der Waals surface area (Å²) in [5.74, 6) is 0.0959.